The Balaban J connectivity index is 1.12. The second kappa shape index (κ2) is 12.2. The molecule has 0 fully saturated rings. The molecule has 65 heavy (non-hydrogen) atoms. The van der Waals surface area contributed by atoms with Crippen LogP contribution in [-0.4, -0.2) is 15.8 Å². The van der Waals surface area contributed by atoms with Gasteiger partial charge in [-0.15, -0.1) is 0 Å². The Morgan fingerprint density at radius 1 is 0.292 bits per heavy atom. The normalized spacial score (nSPS) is 12.9. The van der Waals surface area contributed by atoms with Crippen molar-refractivity contribution < 1.29 is 0 Å². The largest absolute Gasteiger partial charge is 0.310 e. The maximum atomic E-state index is 2.66. The molecule has 0 radical (unpaired) electrons. The molecule has 296 valence electrons. The van der Waals surface area contributed by atoms with E-state index in [9.17, 15) is 0 Å². The summed E-state index contributed by atoms with van der Waals surface area (Å²) in [6.45, 7) is -0.0128. The summed E-state index contributed by atoms with van der Waals surface area (Å²) in [5.41, 5.74) is 24.3. The molecule has 4 heterocycles. The van der Waals surface area contributed by atoms with Crippen LogP contribution in [0.3, 0.4) is 0 Å². The third-order valence-electron chi connectivity index (χ3n) is 15.1. The average Bonchev–Trinajstić information content (AvgIpc) is 3.86. The molecule has 0 saturated carbocycles. The average molecular weight is 819 g/mol. The Bertz CT molecular complexity index is 4290. The summed E-state index contributed by atoms with van der Waals surface area (Å²) in [6.07, 6.45) is 0. The fraction of sp³-hybridized carbons (Fsp3) is 0. The lowest BCUT2D eigenvalue weighted by Crippen LogP contribution is -2.59. The molecule has 1 aliphatic carbocycles. The van der Waals surface area contributed by atoms with Gasteiger partial charge in [0.1, 0.15) is 0 Å². The zero-order valence-electron chi connectivity index (χ0n) is 35.2. The van der Waals surface area contributed by atoms with Gasteiger partial charge < -0.3 is 9.13 Å². The number of hydrogen-bond donors (Lipinski definition) is 0. The summed E-state index contributed by atoms with van der Waals surface area (Å²) < 4.78 is 5.29. The molecule has 2 nitrogen and oxygen atoms in total. The SMILES string of the molecule is c1ccc(-c2ccc3c(c2)c2cc(-c4ccccc4)cc4c2n3-c2cc(-c3ccc5ccccc5c3)cc3c2B4c2cc4cccc5c4c4c6c(cccc6n-3c24)-c2ccccc2-5)cc1. The van der Waals surface area contributed by atoms with Crippen LogP contribution >= 0.6 is 0 Å². The minimum absolute atomic E-state index is 0.0128. The van der Waals surface area contributed by atoms with Crippen molar-refractivity contribution in [2.45, 2.75) is 0 Å². The maximum Gasteiger partial charge on any atom is 0.252 e. The van der Waals surface area contributed by atoms with Gasteiger partial charge in [-0.25, -0.2) is 0 Å². The third kappa shape index (κ3) is 4.35. The predicted octanol–water partition coefficient (Wildman–Crippen LogP) is 14.0. The van der Waals surface area contributed by atoms with Crippen LogP contribution in [0.5, 0.6) is 0 Å². The van der Waals surface area contributed by atoms with Crippen molar-refractivity contribution in [2.75, 3.05) is 0 Å². The van der Waals surface area contributed by atoms with E-state index in [1.807, 2.05) is 0 Å². The van der Waals surface area contributed by atoms with Gasteiger partial charge in [0.05, 0.1) is 16.6 Å². The van der Waals surface area contributed by atoms with E-state index in [1.165, 1.54) is 149 Å². The number of rotatable bonds is 3. The van der Waals surface area contributed by atoms with Gasteiger partial charge in [-0.1, -0.05) is 170 Å². The fourth-order valence-electron chi connectivity index (χ4n) is 12.5. The van der Waals surface area contributed by atoms with E-state index in [0.717, 1.165) is 0 Å². The van der Waals surface area contributed by atoms with E-state index < -0.39 is 0 Å². The molecular weight excluding hydrogens is 784 g/mol. The standard InChI is InChI=1S/C62H35BN2/c1-3-13-36(14-4-1)41-27-28-53-49(30-41)50-31-43(37-15-5-2-6-16-37)33-51-61(50)64(53)55-34-44(40-26-25-38-17-7-8-18-39(38)29-40)35-56-60(55)63(51)52-32-42-19-11-22-47-45-20-9-10-21-46(45)48-23-12-24-54-58(48)59(57(42)47)62(52)65(54)56/h1-35H. The highest BCUT2D eigenvalue weighted by Crippen LogP contribution is 2.51. The molecule has 0 saturated heterocycles. The Kier molecular flexibility index (Phi) is 6.40. The van der Waals surface area contributed by atoms with Gasteiger partial charge >= 0.3 is 0 Å². The van der Waals surface area contributed by atoms with Crippen molar-refractivity contribution in [1.82, 2.24) is 9.13 Å². The van der Waals surface area contributed by atoms with Gasteiger partial charge in [0.2, 0.25) is 0 Å². The molecule has 0 atom stereocenters. The first-order valence-corrected chi connectivity index (χ1v) is 22.8. The molecular formula is C62H35BN2. The Morgan fingerprint density at radius 3 is 1.65 bits per heavy atom. The lowest BCUT2D eigenvalue weighted by molar-refractivity contribution is 1.14. The van der Waals surface area contributed by atoms with Crippen LogP contribution in [0.25, 0.3) is 132 Å². The minimum atomic E-state index is -0.0128. The van der Waals surface area contributed by atoms with Crippen LogP contribution in [0.2, 0.25) is 0 Å². The van der Waals surface area contributed by atoms with E-state index in [-0.39, 0.29) is 6.71 Å². The van der Waals surface area contributed by atoms with Crippen molar-refractivity contribution in [3.8, 4) is 67.0 Å². The number of hydrogen-bond acceptors (Lipinski definition) is 0. The molecule has 0 unspecified atom stereocenters. The van der Waals surface area contributed by atoms with Crippen LogP contribution in [0, 0.1) is 0 Å². The first-order valence-electron chi connectivity index (χ1n) is 22.8. The van der Waals surface area contributed by atoms with Gasteiger partial charge in [-0.05, 0) is 136 Å². The minimum Gasteiger partial charge on any atom is -0.310 e. The molecule has 0 amide bonds. The summed E-state index contributed by atoms with van der Waals surface area (Å²) in [4.78, 5) is 0. The summed E-state index contributed by atoms with van der Waals surface area (Å²) >= 11 is 0. The highest BCUT2D eigenvalue weighted by molar-refractivity contribution is 7.00. The van der Waals surface area contributed by atoms with Crippen molar-refractivity contribution >= 4 is 88.3 Å². The molecule has 2 aliphatic heterocycles. The van der Waals surface area contributed by atoms with Crippen LogP contribution in [-0.2, 0) is 0 Å². The first kappa shape index (κ1) is 34.1. The fourth-order valence-corrected chi connectivity index (χ4v) is 12.5. The molecule has 13 aromatic rings. The van der Waals surface area contributed by atoms with E-state index in [2.05, 4.69) is 221 Å². The van der Waals surface area contributed by atoms with Gasteiger partial charge in [-0.3, -0.25) is 0 Å². The van der Waals surface area contributed by atoms with E-state index in [4.69, 9.17) is 0 Å². The van der Waals surface area contributed by atoms with E-state index >= 15 is 0 Å². The number of aromatic nitrogens is 2. The molecule has 0 spiro atoms. The van der Waals surface area contributed by atoms with E-state index in [0.29, 0.717) is 0 Å². The monoisotopic (exact) mass is 818 g/mol. The molecule has 0 bridgehead atoms. The van der Waals surface area contributed by atoms with E-state index in [1.54, 1.807) is 0 Å². The van der Waals surface area contributed by atoms with Gasteiger partial charge in [0, 0.05) is 38.4 Å². The highest BCUT2D eigenvalue weighted by atomic mass is 15.0. The summed E-state index contributed by atoms with van der Waals surface area (Å²) in [5, 5.41) is 10.4. The quantitative estimate of drug-likeness (QED) is 0.157. The Morgan fingerprint density at radius 2 is 0.862 bits per heavy atom. The zero-order valence-corrected chi connectivity index (χ0v) is 35.2. The summed E-state index contributed by atoms with van der Waals surface area (Å²) in [6, 6.07) is 80.3. The van der Waals surface area contributed by atoms with Crippen LogP contribution in [0.15, 0.2) is 212 Å². The van der Waals surface area contributed by atoms with Crippen molar-refractivity contribution in [2.24, 2.45) is 0 Å². The number of fused-ring (bicyclic) bond motifs is 12. The Labute approximate surface area is 375 Å². The summed E-state index contributed by atoms with van der Waals surface area (Å²) in [7, 11) is 0. The molecule has 3 heteroatoms. The van der Waals surface area contributed by atoms with Gasteiger partial charge in [0.15, 0.2) is 0 Å². The summed E-state index contributed by atoms with van der Waals surface area (Å²) in [5.74, 6) is 0. The predicted molar refractivity (Wildman–Crippen MR) is 276 cm³/mol. The zero-order chi connectivity index (χ0) is 42.1. The highest BCUT2D eigenvalue weighted by Gasteiger charge is 2.43. The molecule has 2 aromatic heterocycles. The molecule has 11 aromatic carbocycles. The number of benzene rings is 11. The van der Waals surface area contributed by atoms with Gasteiger partial charge in [0.25, 0.3) is 6.71 Å². The molecule has 3 aliphatic rings. The smallest absolute Gasteiger partial charge is 0.252 e. The maximum absolute atomic E-state index is 2.66. The van der Waals surface area contributed by atoms with Crippen molar-refractivity contribution in [1.29, 1.82) is 0 Å². The lowest BCUT2D eigenvalue weighted by Gasteiger charge is -2.35. The topological polar surface area (TPSA) is 9.86 Å². The Hall–Kier alpha value is -8.40. The second-order valence-electron chi connectivity index (χ2n) is 18.4. The number of nitrogens with zero attached hydrogens (tertiary/aromatic N) is 2. The van der Waals surface area contributed by atoms with Gasteiger partial charge in [-0.2, -0.15) is 0 Å². The van der Waals surface area contributed by atoms with Crippen LogP contribution < -0.4 is 16.4 Å². The van der Waals surface area contributed by atoms with Crippen molar-refractivity contribution in [3.63, 3.8) is 0 Å². The first-order chi connectivity index (χ1) is 32.2. The van der Waals surface area contributed by atoms with Crippen molar-refractivity contribution in [3.05, 3.63) is 212 Å². The van der Waals surface area contributed by atoms with Crippen LogP contribution in [0.4, 0.5) is 0 Å². The molecule has 0 N–H and O–H groups in total. The lowest BCUT2D eigenvalue weighted by atomic mass is 9.34. The third-order valence-corrected chi connectivity index (χ3v) is 15.1. The second-order valence-corrected chi connectivity index (χ2v) is 18.4. The van der Waals surface area contributed by atoms with Crippen LogP contribution in [0.1, 0.15) is 0 Å². The molecule has 16 rings (SSSR count).